The summed E-state index contributed by atoms with van der Waals surface area (Å²) in [6.07, 6.45) is 1.70. The molecule has 0 aromatic rings. The average molecular weight is 156 g/mol. The average Bonchev–Trinajstić information content (AvgIpc) is 1.87. The zero-order valence-corrected chi connectivity index (χ0v) is 7.20. The Hall–Kier alpha value is -0.460. The van der Waals surface area contributed by atoms with Crippen LogP contribution in [0.1, 0.15) is 13.8 Å². The second kappa shape index (κ2) is 5.33. The summed E-state index contributed by atoms with van der Waals surface area (Å²) in [5.74, 6) is 1.12. The number of hydrogen-bond donors (Lipinski definition) is 0. The second-order valence-corrected chi connectivity index (χ2v) is 3.28. The molecule has 1 unspecified atom stereocenters. The number of Topliss-reactive ketones (excluding diaryl/α,β-unsaturated/α-hetero) is 1. The number of carbonyl (C=O) groups excluding carboxylic acids is 1. The van der Waals surface area contributed by atoms with Crippen molar-refractivity contribution in [3.63, 3.8) is 0 Å². The molecule has 1 atom stereocenters. The molecule has 0 fully saturated rings. The summed E-state index contributed by atoms with van der Waals surface area (Å²) < 4.78 is 0. The summed E-state index contributed by atoms with van der Waals surface area (Å²) in [4.78, 5) is 10.8. The van der Waals surface area contributed by atoms with E-state index in [0.717, 1.165) is 5.75 Å². The van der Waals surface area contributed by atoms with E-state index in [0.29, 0.717) is 0 Å². The molecule has 1 nitrogen and oxygen atoms in total. The maximum Gasteiger partial charge on any atom is 0.147 e. The smallest absolute Gasteiger partial charge is 0.147 e. The molecule has 0 aliphatic carbocycles. The Morgan fingerprint density at radius 2 is 2.50 bits per heavy atom. The molecule has 0 saturated heterocycles. The monoisotopic (exact) mass is 156 g/mol. The highest BCUT2D eigenvalue weighted by atomic mass is 32.2. The highest BCUT2D eigenvalue weighted by Gasteiger charge is 2.07. The molecule has 0 aromatic carbocycles. The van der Waals surface area contributed by atoms with Crippen LogP contribution in [0.4, 0.5) is 0 Å². The molecule has 0 amide bonds. The van der Waals surface area contributed by atoms with Gasteiger partial charge in [-0.05, 0) is 18.8 Å². The van der Waals surface area contributed by atoms with Crippen molar-refractivity contribution >= 4 is 17.5 Å². The van der Waals surface area contributed by atoms with Gasteiger partial charge in [-0.2, -0.15) is 0 Å². The molecule has 0 N–H and O–H groups in total. The molecule has 0 aliphatic heterocycles. The molecular weight excluding hydrogens is 144 g/mol. The van der Waals surface area contributed by atoms with Crippen molar-refractivity contribution in [3.8, 4) is 0 Å². The first-order valence-corrected chi connectivity index (χ1v) is 4.25. The van der Waals surface area contributed by atoms with E-state index in [4.69, 9.17) is 0 Å². The van der Waals surface area contributed by atoms with Crippen LogP contribution < -0.4 is 0 Å². The Balaban J connectivity index is 3.97. The highest BCUT2D eigenvalue weighted by molar-refractivity contribution is 8.00. The van der Waals surface area contributed by atoms with Crippen LogP contribution in [0.25, 0.3) is 0 Å². The van der Waals surface area contributed by atoms with Crippen LogP contribution in [-0.4, -0.2) is 16.8 Å². The predicted molar refractivity (Wildman–Crippen MR) is 46.3 cm³/mol. The third-order valence-electron chi connectivity index (χ3n) is 1.02. The standard InChI is InChI=1S/C8H12OS/c1-4-6-8(7(3)9)10-5-2/h6,8H,1,5H2,2-3H3. The van der Waals surface area contributed by atoms with E-state index in [1.165, 1.54) is 0 Å². The van der Waals surface area contributed by atoms with Crippen molar-refractivity contribution in [2.45, 2.75) is 19.1 Å². The van der Waals surface area contributed by atoms with E-state index in [-0.39, 0.29) is 11.0 Å². The van der Waals surface area contributed by atoms with Crippen LogP contribution in [0.3, 0.4) is 0 Å². The summed E-state index contributed by atoms with van der Waals surface area (Å²) >= 11 is 1.60. The van der Waals surface area contributed by atoms with Gasteiger partial charge < -0.3 is 0 Å². The molecule has 0 aromatic heterocycles. The Bertz CT molecular complexity index is 155. The van der Waals surface area contributed by atoms with Gasteiger partial charge in [0.05, 0.1) is 5.25 Å². The third kappa shape index (κ3) is 3.54. The van der Waals surface area contributed by atoms with Crippen LogP contribution in [0, 0.1) is 0 Å². The van der Waals surface area contributed by atoms with Crippen LogP contribution in [-0.2, 0) is 4.79 Å². The summed E-state index contributed by atoms with van der Waals surface area (Å²) in [7, 11) is 0. The minimum absolute atomic E-state index is 0.0394. The molecule has 0 heterocycles. The molecule has 0 aliphatic rings. The first-order valence-electron chi connectivity index (χ1n) is 3.20. The summed E-state index contributed by atoms with van der Waals surface area (Å²) in [5.41, 5.74) is 2.62. The minimum Gasteiger partial charge on any atom is -0.298 e. The Kier molecular flexibility index (Phi) is 5.09. The lowest BCUT2D eigenvalue weighted by atomic mass is 10.3. The highest BCUT2D eigenvalue weighted by Crippen LogP contribution is 2.11. The number of thioether (sulfide) groups is 1. The third-order valence-corrected chi connectivity index (χ3v) is 2.18. The molecule has 0 spiro atoms. The fraction of sp³-hybridized carbons (Fsp3) is 0.500. The number of hydrogen-bond acceptors (Lipinski definition) is 2. The van der Waals surface area contributed by atoms with Gasteiger partial charge in [0.25, 0.3) is 0 Å². The lowest BCUT2D eigenvalue weighted by Crippen LogP contribution is -2.09. The molecule has 0 bridgehead atoms. The van der Waals surface area contributed by atoms with Crippen molar-refractivity contribution in [2.75, 3.05) is 5.75 Å². The van der Waals surface area contributed by atoms with Gasteiger partial charge in [0.1, 0.15) is 5.78 Å². The van der Waals surface area contributed by atoms with Crippen LogP contribution >= 0.6 is 11.8 Å². The van der Waals surface area contributed by atoms with Crippen LogP contribution in [0.5, 0.6) is 0 Å². The quantitative estimate of drug-likeness (QED) is 0.579. The van der Waals surface area contributed by atoms with Gasteiger partial charge in [-0.1, -0.05) is 13.5 Å². The van der Waals surface area contributed by atoms with Crippen LogP contribution in [0.15, 0.2) is 18.4 Å². The van der Waals surface area contributed by atoms with Crippen molar-refractivity contribution < 1.29 is 4.79 Å². The maximum atomic E-state index is 10.8. The molecule has 10 heavy (non-hydrogen) atoms. The van der Waals surface area contributed by atoms with E-state index in [1.807, 2.05) is 6.92 Å². The fourth-order valence-corrected chi connectivity index (χ4v) is 1.36. The van der Waals surface area contributed by atoms with Gasteiger partial charge in [-0.3, -0.25) is 4.79 Å². The van der Waals surface area contributed by atoms with E-state index in [9.17, 15) is 4.79 Å². The number of ketones is 1. The molecule has 56 valence electrons. The fourth-order valence-electron chi connectivity index (χ4n) is 0.569. The molecule has 2 heteroatoms. The van der Waals surface area contributed by atoms with Crippen LogP contribution in [0.2, 0.25) is 0 Å². The molecule has 0 rings (SSSR count). The van der Waals surface area contributed by atoms with Crippen molar-refractivity contribution in [1.29, 1.82) is 0 Å². The van der Waals surface area contributed by atoms with E-state index in [1.54, 1.807) is 24.8 Å². The van der Waals surface area contributed by atoms with Gasteiger partial charge >= 0.3 is 0 Å². The predicted octanol–water partition coefficient (Wildman–Crippen LogP) is 2.04. The topological polar surface area (TPSA) is 17.1 Å². The van der Waals surface area contributed by atoms with Gasteiger partial charge in [0, 0.05) is 0 Å². The molecular formula is C8H12OS. The first kappa shape index (κ1) is 9.54. The van der Waals surface area contributed by atoms with E-state index < -0.39 is 0 Å². The summed E-state index contributed by atoms with van der Waals surface area (Å²) in [6, 6.07) is 0. The number of carbonyl (C=O) groups is 1. The largest absolute Gasteiger partial charge is 0.298 e. The van der Waals surface area contributed by atoms with Gasteiger partial charge in [-0.15, -0.1) is 17.5 Å². The van der Waals surface area contributed by atoms with Gasteiger partial charge in [0.15, 0.2) is 0 Å². The van der Waals surface area contributed by atoms with Gasteiger partial charge in [-0.25, -0.2) is 0 Å². The Morgan fingerprint density at radius 3 is 2.80 bits per heavy atom. The Morgan fingerprint density at radius 1 is 1.90 bits per heavy atom. The second-order valence-electron chi connectivity index (χ2n) is 1.86. The molecule has 0 radical (unpaired) electrons. The normalized spacial score (nSPS) is 11.8. The van der Waals surface area contributed by atoms with Crippen molar-refractivity contribution in [2.24, 2.45) is 0 Å². The summed E-state index contributed by atoms with van der Waals surface area (Å²) in [6.45, 7) is 7.03. The van der Waals surface area contributed by atoms with Crippen molar-refractivity contribution in [3.05, 3.63) is 18.4 Å². The van der Waals surface area contributed by atoms with E-state index >= 15 is 0 Å². The number of rotatable bonds is 4. The van der Waals surface area contributed by atoms with Crippen molar-refractivity contribution in [1.82, 2.24) is 0 Å². The lowest BCUT2D eigenvalue weighted by molar-refractivity contribution is -0.115. The Labute approximate surface area is 66.2 Å². The maximum absolute atomic E-state index is 10.8. The molecule has 0 saturated carbocycles. The zero-order chi connectivity index (χ0) is 7.98. The van der Waals surface area contributed by atoms with E-state index in [2.05, 4.69) is 12.3 Å². The first-order chi connectivity index (χ1) is 4.72. The van der Waals surface area contributed by atoms with Gasteiger partial charge in [0.2, 0.25) is 0 Å². The minimum atomic E-state index is -0.0394. The zero-order valence-electron chi connectivity index (χ0n) is 6.39. The summed E-state index contributed by atoms with van der Waals surface area (Å²) in [5, 5.41) is -0.0394. The SMILES string of the molecule is C=C=CC(SCC)C(C)=O. The lowest BCUT2D eigenvalue weighted by Gasteiger charge is -2.03.